The zero-order valence-electron chi connectivity index (χ0n) is 16.4. The summed E-state index contributed by atoms with van der Waals surface area (Å²) in [6.07, 6.45) is 1.79. The van der Waals surface area contributed by atoms with Crippen molar-refractivity contribution in [2.24, 2.45) is 0 Å². The largest absolute Gasteiger partial charge is 0.353 e. The van der Waals surface area contributed by atoms with Crippen molar-refractivity contribution in [1.82, 2.24) is 25.3 Å². The average molecular weight is 387 g/mol. The Kier molecular flexibility index (Phi) is 6.08. The van der Waals surface area contributed by atoms with Gasteiger partial charge in [0.2, 0.25) is 11.8 Å². The molecule has 1 unspecified atom stereocenters. The van der Waals surface area contributed by atoms with Crippen molar-refractivity contribution >= 4 is 11.8 Å². The van der Waals surface area contributed by atoms with Crippen LogP contribution in [0.1, 0.15) is 25.8 Å². The van der Waals surface area contributed by atoms with Gasteiger partial charge in [-0.15, -0.1) is 0 Å². The molecule has 2 amide bonds. The molecule has 1 aliphatic rings. The number of aromatic amines is 1. The molecule has 1 fully saturated rings. The highest BCUT2D eigenvalue weighted by Gasteiger charge is 2.33. The van der Waals surface area contributed by atoms with Gasteiger partial charge in [-0.1, -0.05) is 0 Å². The maximum atomic E-state index is 13.2. The van der Waals surface area contributed by atoms with Crippen LogP contribution >= 0.6 is 0 Å². The number of nitrogens with zero attached hydrogens (tertiary/aromatic N) is 3. The van der Waals surface area contributed by atoms with Gasteiger partial charge < -0.3 is 10.2 Å². The highest BCUT2D eigenvalue weighted by Crippen LogP contribution is 2.23. The number of benzene rings is 1. The van der Waals surface area contributed by atoms with E-state index < -0.39 is 6.04 Å². The minimum Gasteiger partial charge on any atom is -0.353 e. The number of amides is 2. The van der Waals surface area contributed by atoms with E-state index in [0.29, 0.717) is 13.1 Å². The average Bonchev–Trinajstić information content (AvgIpc) is 3.11. The molecule has 0 aliphatic carbocycles. The van der Waals surface area contributed by atoms with Gasteiger partial charge in [-0.3, -0.25) is 19.6 Å². The summed E-state index contributed by atoms with van der Waals surface area (Å²) >= 11 is 0. The monoisotopic (exact) mass is 387 g/mol. The van der Waals surface area contributed by atoms with Gasteiger partial charge in [-0.25, -0.2) is 4.39 Å². The van der Waals surface area contributed by atoms with Gasteiger partial charge in [0, 0.05) is 43.9 Å². The summed E-state index contributed by atoms with van der Waals surface area (Å²) < 4.78 is 13.2. The van der Waals surface area contributed by atoms with E-state index in [1.807, 2.05) is 13.8 Å². The second kappa shape index (κ2) is 8.52. The predicted octanol–water partition coefficient (Wildman–Crippen LogP) is 1.77. The summed E-state index contributed by atoms with van der Waals surface area (Å²) in [6, 6.07) is 5.84. The number of carbonyl (C=O) groups excluding carboxylic acids is 2. The lowest BCUT2D eigenvalue weighted by Crippen LogP contribution is -2.58. The van der Waals surface area contributed by atoms with E-state index in [4.69, 9.17) is 0 Å². The van der Waals surface area contributed by atoms with Gasteiger partial charge >= 0.3 is 0 Å². The second-order valence-electron chi connectivity index (χ2n) is 7.37. The summed E-state index contributed by atoms with van der Waals surface area (Å²) in [5.41, 5.74) is 2.38. The molecule has 8 heteroatoms. The van der Waals surface area contributed by atoms with E-state index >= 15 is 0 Å². The molecule has 1 aromatic carbocycles. The van der Waals surface area contributed by atoms with Gasteiger partial charge in [-0.05, 0) is 38.1 Å². The SMILES string of the molecule is CC(C)N1CCNC(=O)C1CC(=O)N(C)Cc1cn[nH]c1-c1ccc(F)cc1. The second-order valence-corrected chi connectivity index (χ2v) is 7.37. The first-order chi connectivity index (χ1) is 13.4. The van der Waals surface area contributed by atoms with Crippen LogP contribution in [0.15, 0.2) is 30.5 Å². The molecule has 1 saturated heterocycles. The Labute approximate surface area is 163 Å². The fourth-order valence-corrected chi connectivity index (χ4v) is 3.52. The van der Waals surface area contributed by atoms with Crippen molar-refractivity contribution in [2.45, 2.75) is 38.9 Å². The van der Waals surface area contributed by atoms with Crippen molar-refractivity contribution in [2.75, 3.05) is 20.1 Å². The molecule has 2 aromatic rings. The lowest BCUT2D eigenvalue weighted by atomic mass is 10.0. The Morgan fingerprint density at radius 1 is 1.36 bits per heavy atom. The molecule has 28 heavy (non-hydrogen) atoms. The van der Waals surface area contributed by atoms with E-state index in [-0.39, 0.29) is 30.1 Å². The molecule has 1 aliphatic heterocycles. The minimum atomic E-state index is -0.454. The van der Waals surface area contributed by atoms with Crippen LogP contribution in [0.2, 0.25) is 0 Å². The quantitative estimate of drug-likeness (QED) is 0.792. The number of piperazine rings is 1. The van der Waals surface area contributed by atoms with E-state index in [2.05, 4.69) is 20.4 Å². The first-order valence-electron chi connectivity index (χ1n) is 9.42. The standard InChI is InChI=1S/C20H26FN5O2/c1-13(2)26-9-8-22-20(28)17(26)10-18(27)25(3)12-15-11-23-24-19(15)14-4-6-16(21)7-5-14/h4-7,11,13,17H,8-10,12H2,1-3H3,(H,22,28)(H,23,24). The van der Waals surface area contributed by atoms with E-state index in [1.54, 1.807) is 30.3 Å². The van der Waals surface area contributed by atoms with Gasteiger partial charge in [-0.2, -0.15) is 5.10 Å². The lowest BCUT2D eigenvalue weighted by molar-refractivity contribution is -0.139. The summed E-state index contributed by atoms with van der Waals surface area (Å²) in [5.74, 6) is -0.520. The van der Waals surface area contributed by atoms with Gasteiger partial charge in [0.1, 0.15) is 5.82 Å². The van der Waals surface area contributed by atoms with Crippen molar-refractivity contribution in [1.29, 1.82) is 0 Å². The number of rotatable bonds is 6. The highest BCUT2D eigenvalue weighted by atomic mass is 19.1. The molecule has 3 rings (SSSR count). The molecule has 2 heterocycles. The number of carbonyl (C=O) groups is 2. The van der Waals surface area contributed by atoms with Crippen LogP contribution in [0.3, 0.4) is 0 Å². The highest BCUT2D eigenvalue weighted by molar-refractivity contribution is 5.88. The molecule has 7 nitrogen and oxygen atoms in total. The van der Waals surface area contributed by atoms with Crippen LogP contribution < -0.4 is 5.32 Å². The molecule has 0 radical (unpaired) electrons. The van der Waals surface area contributed by atoms with Crippen LogP contribution in [0.25, 0.3) is 11.3 Å². The van der Waals surface area contributed by atoms with Crippen molar-refractivity contribution in [3.05, 3.63) is 41.8 Å². The summed E-state index contributed by atoms with van der Waals surface area (Å²) in [6.45, 7) is 5.74. The number of halogens is 1. The third-order valence-corrected chi connectivity index (χ3v) is 5.09. The van der Waals surface area contributed by atoms with E-state index in [0.717, 1.165) is 23.4 Å². The van der Waals surface area contributed by atoms with Crippen LogP contribution in [-0.2, 0) is 16.1 Å². The van der Waals surface area contributed by atoms with Crippen LogP contribution in [-0.4, -0.2) is 64.0 Å². The Hall–Kier alpha value is -2.74. The third kappa shape index (κ3) is 4.39. The van der Waals surface area contributed by atoms with Gasteiger partial charge in [0.15, 0.2) is 0 Å². The summed E-state index contributed by atoms with van der Waals surface area (Å²) in [5, 5.41) is 9.83. The molecular weight excluding hydrogens is 361 g/mol. The molecule has 0 bridgehead atoms. The summed E-state index contributed by atoms with van der Waals surface area (Å²) in [4.78, 5) is 28.7. The zero-order chi connectivity index (χ0) is 20.3. The van der Waals surface area contributed by atoms with Crippen LogP contribution in [0, 0.1) is 5.82 Å². The third-order valence-electron chi connectivity index (χ3n) is 5.09. The van der Waals surface area contributed by atoms with Crippen molar-refractivity contribution in [3.8, 4) is 11.3 Å². The number of H-pyrrole nitrogens is 1. The molecule has 2 N–H and O–H groups in total. The predicted molar refractivity (Wildman–Crippen MR) is 104 cm³/mol. The normalized spacial score (nSPS) is 17.6. The van der Waals surface area contributed by atoms with Gasteiger partial charge in [0.25, 0.3) is 0 Å². The Bertz CT molecular complexity index is 833. The number of hydrogen-bond acceptors (Lipinski definition) is 4. The first kappa shape index (κ1) is 20.0. The number of aromatic nitrogens is 2. The number of nitrogens with one attached hydrogen (secondary N) is 2. The molecule has 0 saturated carbocycles. The fourth-order valence-electron chi connectivity index (χ4n) is 3.52. The maximum absolute atomic E-state index is 13.2. The summed E-state index contributed by atoms with van der Waals surface area (Å²) in [7, 11) is 1.71. The fraction of sp³-hybridized carbons (Fsp3) is 0.450. The smallest absolute Gasteiger partial charge is 0.237 e. The molecule has 150 valence electrons. The van der Waals surface area contributed by atoms with Crippen molar-refractivity contribution < 1.29 is 14.0 Å². The van der Waals surface area contributed by atoms with E-state index in [1.165, 1.54) is 12.1 Å². The maximum Gasteiger partial charge on any atom is 0.237 e. The van der Waals surface area contributed by atoms with Crippen LogP contribution in [0.4, 0.5) is 4.39 Å². The van der Waals surface area contributed by atoms with Crippen molar-refractivity contribution in [3.63, 3.8) is 0 Å². The lowest BCUT2D eigenvalue weighted by Gasteiger charge is -2.38. The number of hydrogen-bond donors (Lipinski definition) is 2. The van der Waals surface area contributed by atoms with E-state index in [9.17, 15) is 14.0 Å². The topological polar surface area (TPSA) is 81.3 Å². The zero-order valence-corrected chi connectivity index (χ0v) is 16.4. The Morgan fingerprint density at radius 2 is 2.07 bits per heavy atom. The first-order valence-corrected chi connectivity index (χ1v) is 9.42. The van der Waals surface area contributed by atoms with Gasteiger partial charge in [0.05, 0.1) is 24.4 Å². The van der Waals surface area contributed by atoms with Crippen LogP contribution in [0.5, 0.6) is 0 Å². The Balaban J connectivity index is 1.69. The molecule has 1 atom stereocenters. The molecule has 0 spiro atoms. The Morgan fingerprint density at radius 3 is 2.75 bits per heavy atom. The minimum absolute atomic E-state index is 0.1000. The molecular formula is C20H26FN5O2. The molecule has 1 aromatic heterocycles.